The molecular formula is C13H12N4O4. The van der Waals surface area contributed by atoms with Gasteiger partial charge in [-0.2, -0.15) is 0 Å². The first-order valence-corrected chi connectivity index (χ1v) is 6.00. The van der Waals surface area contributed by atoms with Crippen molar-refractivity contribution in [2.75, 3.05) is 5.32 Å². The number of nitro groups is 1. The summed E-state index contributed by atoms with van der Waals surface area (Å²) >= 11 is 0. The lowest BCUT2D eigenvalue weighted by molar-refractivity contribution is -0.385. The van der Waals surface area contributed by atoms with Crippen LogP contribution in [-0.4, -0.2) is 26.0 Å². The van der Waals surface area contributed by atoms with Crippen molar-refractivity contribution in [2.45, 2.75) is 13.5 Å². The highest BCUT2D eigenvalue weighted by Crippen LogP contribution is 2.28. The average molecular weight is 288 g/mol. The number of hydrogen-bond donors (Lipinski definition) is 2. The van der Waals surface area contributed by atoms with Crippen LogP contribution in [0.4, 0.5) is 11.4 Å². The maximum absolute atomic E-state index is 11.0. The van der Waals surface area contributed by atoms with E-state index in [0.29, 0.717) is 23.5 Å². The lowest BCUT2D eigenvalue weighted by Gasteiger charge is -2.10. The number of nitro benzene ring substituents is 1. The van der Waals surface area contributed by atoms with E-state index in [1.54, 1.807) is 19.2 Å². The summed E-state index contributed by atoms with van der Waals surface area (Å²) in [6.07, 6.45) is 2.97. The van der Waals surface area contributed by atoms with Crippen LogP contribution in [0.5, 0.6) is 0 Å². The van der Waals surface area contributed by atoms with E-state index in [9.17, 15) is 14.9 Å². The van der Waals surface area contributed by atoms with Gasteiger partial charge in [-0.25, -0.2) is 14.8 Å². The molecule has 0 spiro atoms. The van der Waals surface area contributed by atoms with Gasteiger partial charge < -0.3 is 10.4 Å². The van der Waals surface area contributed by atoms with Crippen molar-refractivity contribution in [1.29, 1.82) is 0 Å². The minimum atomic E-state index is -1.22. The summed E-state index contributed by atoms with van der Waals surface area (Å²) in [5.74, 6) is -1.22. The highest BCUT2D eigenvalue weighted by atomic mass is 16.6. The van der Waals surface area contributed by atoms with Gasteiger partial charge in [-0.3, -0.25) is 10.1 Å². The van der Waals surface area contributed by atoms with Crippen LogP contribution in [0.3, 0.4) is 0 Å². The van der Waals surface area contributed by atoms with E-state index in [0.717, 1.165) is 6.07 Å². The summed E-state index contributed by atoms with van der Waals surface area (Å²) in [6.45, 7) is 1.87. The molecule has 108 valence electrons. The summed E-state index contributed by atoms with van der Waals surface area (Å²) in [4.78, 5) is 29.2. The molecule has 8 nitrogen and oxygen atoms in total. The third kappa shape index (κ3) is 3.30. The Morgan fingerprint density at radius 3 is 2.81 bits per heavy atom. The van der Waals surface area contributed by atoms with E-state index in [1.165, 1.54) is 12.4 Å². The fourth-order valence-electron chi connectivity index (χ4n) is 1.80. The first-order chi connectivity index (χ1) is 9.99. The van der Waals surface area contributed by atoms with Gasteiger partial charge in [-0.1, -0.05) is 0 Å². The number of nitrogens with zero attached hydrogens (tertiary/aromatic N) is 3. The topological polar surface area (TPSA) is 118 Å². The molecule has 2 aromatic rings. The van der Waals surface area contributed by atoms with Crippen LogP contribution < -0.4 is 5.32 Å². The van der Waals surface area contributed by atoms with E-state index in [2.05, 4.69) is 15.3 Å². The SMILES string of the molecule is Cc1c(NCc2ccncn2)cc(C(=O)O)cc1[N+](=O)[O-]. The molecule has 0 aliphatic rings. The molecule has 2 rings (SSSR count). The summed E-state index contributed by atoms with van der Waals surface area (Å²) in [5.41, 5.74) is 1.07. The number of aromatic carboxylic acids is 1. The zero-order valence-corrected chi connectivity index (χ0v) is 11.1. The van der Waals surface area contributed by atoms with E-state index in [4.69, 9.17) is 5.11 Å². The van der Waals surface area contributed by atoms with Gasteiger partial charge in [0.05, 0.1) is 22.7 Å². The van der Waals surface area contributed by atoms with Gasteiger partial charge in [-0.05, 0) is 19.1 Å². The van der Waals surface area contributed by atoms with Crippen LogP contribution in [0.25, 0.3) is 0 Å². The number of rotatable bonds is 5. The summed E-state index contributed by atoms with van der Waals surface area (Å²) in [6, 6.07) is 4.11. The molecule has 0 saturated heterocycles. The third-order valence-corrected chi connectivity index (χ3v) is 2.93. The number of carbonyl (C=O) groups is 1. The van der Waals surface area contributed by atoms with Crippen molar-refractivity contribution in [3.63, 3.8) is 0 Å². The van der Waals surface area contributed by atoms with Crippen LogP contribution in [-0.2, 0) is 6.54 Å². The molecule has 1 aromatic carbocycles. The number of anilines is 1. The average Bonchev–Trinajstić information content (AvgIpc) is 2.46. The lowest BCUT2D eigenvalue weighted by atomic mass is 10.1. The van der Waals surface area contributed by atoms with Crippen LogP contribution in [0.15, 0.2) is 30.7 Å². The predicted molar refractivity (Wildman–Crippen MR) is 74.2 cm³/mol. The highest BCUT2D eigenvalue weighted by Gasteiger charge is 2.18. The van der Waals surface area contributed by atoms with Crippen molar-refractivity contribution in [2.24, 2.45) is 0 Å². The van der Waals surface area contributed by atoms with Gasteiger partial charge in [0.15, 0.2) is 0 Å². The second kappa shape index (κ2) is 5.95. The first-order valence-electron chi connectivity index (χ1n) is 6.00. The number of carboxylic acids is 1. The van der Waals surface area contributed by atoms with Crippen LogP contribution >= 0.6 is 0 Å². The van der Waals surface area contributed by atoms with Crippen LogP contribution in [0.1, 0.15) is 21.6 Å². The largest absolute Gasteiger partial charge is 0.478 e. The quantitative estimate of drug-likeness (QED) is 0.638. The Morgan fingerprint density at radius 2 is 2.24 bits per heavy atom. The van der Waals surface area contributed by atoms with Gasteiger partial charge in [0.1, 0.15) is 6.33 Å². The summed E-state index contributed by atoms with van der Waals surface area (Å²) < 4.78 is 0. The van der Waals surface area contributed by atoms with Crippen LogP contribution in [0, 0.1) is 17.0 Å². The van der Waals surface area contributed by atoms with Crippen molar-refractivity contribution >= 4 is 17.3 Å². The molecule has 0 radical (unpaired) electrons. The molecule has 2 N–H and O–H groups in total. The number of aromatic nitrogens is 2. The number of benzene rings is 1. The maximum atomic E-state index is 11.0. The summed E-state index contributed by atoms with van der Waals surface area (Å²) in [7, 11) is 0. The Hall–Kier alpha value is -3.03. The molecular weight excluding hydrogens is 276 g/mol. The standard InChI is InChI=1S/C13H12N4O4/c1-8-11(15-6-10-2-3-14-7-16-10)4-9(13(18)19)5-12(8)17(20)21/h2-5,7,15H,6H2,1H3,(H,18,19). The molecule has 0 aliphatic carbocycles. The molecule has 8 heteroatoms. The minimum Gasteiger partial charge on any atom is -0.478 e. The zero-order valence-electron chi connectivity index (χ0n) is 11.1. The fourth-order valence-corrected chi connectivity index (χ4v) is 1.80. The van der Waals surface area contributed by atoms with Crippen LogP contribution in [0.2, 0.25) is 0 Å². The van der Waals surface area contributed by atoms with Crippen molar-refractivity contribution in [3.8, 4) is 0 Å². The molecule has 0 amide bonds. The monoisotopic (exact) mass is 288 g/mol. The number of nitrogens with one attached hydrogen (secondary N) is 1. The van der Waals surface area contributed by atoms with Crippen molar-refractivity contribution < 1.29 is 14.8 Å². The Labute approximate surface area is 119 Å². The molecule has 1 aromatic heterocycles. The number of hydrogen-bond acceptors (Lipinski definition) is 6. The smallest absolute Gasteiger partial charge is 0.336 e. The maximum Gasteiger partial charge on any atom is 0.336 e. The molecule has 1 heterocycles. The molecule has 0 atom stereocenters. The van der Waals surface area contributed by atoms with Gasteiger partial charge in [0.25, 0.3) is 5.69 Å². The third-order valence-electron chi connectivity index (χ3n) is 2.93. The second-order valence-electron chi connectivity index (χ2n) is 4.28. The fraction of sp³-hybridized carbons (Fsp3) is 0.154. The molecule has 0 bridgehead atoms. The Morgan fingerprint density at radius 1 is 1.48 bits per heavy atom. The Bertz CT molecular complexity index is 688. The van der Waals surface area contributed by atoms with Gasteiger partial charge >= 0.3 is 5.97 Å². The van der Waals surface area contributed by atoms with Gasteiger partial charge in [0, 0.05) is 23.5 Å². The molecule has 0 fully saturated rings. The highest BCUT2D eigenvalue weighted by molar-refractivity contribution is 5.90. The first kappa shape index (κ1) is 14.4. The Balaban J connectivity index is 2.33. The minimum absolute atomic E-state index is 0.141. The molecule has 21 heavy (non-hydrogen) atoms. The predicted octanol–water partition coefficient (Wildman–Crippen LogP) is 2.00. The zero-order chi connectivity index (χ0) is 15.4. The van der Waals surface area contributed by atoms with Gasteiger partial charge in [0.2, 0.25) is 0 Å². The summed E-state index contributed by atoms with van der Waals surface area (Å²) in [5, 5.41) is 23.0. The van der Waals surface area contributed by atoms with E-state index in [1.807, 2.05) is 0 Å². The lowest BCUT2D eigenvalue weighted by Crippen LogP contribution is -2.07. The Kier molecular flexibility index (Phi) is 4.07. The van der Waals surface area contributed by atoms with E-state index < -0.39 is 10.9 Å². The van der Waals surface area contributed by atoms with E-state index in [-0.39, 0.29) is 11.3 Å². The second-order valence-corrected chi connectivity index (χ2v) is 4.28. The van der Waals surface area contributed by atoms with E-state index >= 15 is 0 Å². The number of carboxylic acid groups (broad SMARTS) is 1. The molecule has 0 unspecified atom stereocenters. The molecule has 0 aliphatic heterocycles. The van der Waals surface area contributed by atoms with Crippen molar-refractivity contribution in [3.05, 3.63) is 57.7 Å². The van der Waals surface area contributed by atoms with Gasteiger partial charge in [-0.15, -0.1) is 0 Å². The van der Waals surface area contributed by atoms with Crippen molar-refractivity contribution in [1.82, 2.24) is 9.97 Å². The molecule has 0 saturated carbocycles. The normalized spacial score (nSPS) is 10.1.